The number of aryl methyl sites for hydroxylation is 1. The molecule has 0 saturated carbocycles. The third-order valence-electron chi connectivity index (χ3n) is 4.02. The molecule has 21 heavy (non-hydrogen) atoms. The zero-order valence-corrected chi connectivity index (χ0v) is 13.8. The molecule has 0 aliphatic carbocycles. The van der Waals surface area contributed by atoms with Gasteiger partial charge in [-0.2, -0.15) is 0 Å². The second kappa shape index (κ2) is 11.4. The first kappa shape index (κ1) is 17.7. The maximum absolute atomic E-state index is 9.16. The number of unbranched alkanes of at least 4 members (excludes halogenated alkanes) is 8. The van der Waals surface area contributed by atoms with Crippen LogP contribution in [0.1, 0.15) is 82.3 Å². The fourth-order valence-electron chi connectivity index (χ4n) is 2.60. The SMILES string of the molecule is CCCCCCCCCCCC(=NO)c1ccc(C)cc1. The van der Waals surface area contributed by atoms with Crippen molar-refractivity contribution in [3.63, 3.8) is 0 Å². The first-order valence-electron chi connectivity index (χ1n) is 8.56. The van der Waals surface area contributed by atoms with Crippen molar-refractivity contribution < 1.29 is 5.21 Å². The third kappa shape index (κ3) is 7.89. The number of oxime groups is 1. The molecule has 0 saturated heterocycles. The van der Waals surface area contributed by atoms with E-state index in [4.69, 9.17) is 5.21 Å². The number of nitrogens with zero attached hydrogens (tertiary/aromatic N) is 1. The number of hydrogen-bond donors (Lipinski definition) is 1. The standard InChI is InChI=1S/C19H31NO/c1-3-4-5-6-7-8-9-10-11-12-19(20-21)18-15-13-17(2)14-16-18/h13-16,21H,3-12H2,1-2H3. The van der Waals surface area contributed by atoms with Crippen molar-refractivity contribution in [2.75, 3.05) is 0 Å². The van der Waals surface area contributed by atoms with Crippen molar-refractivity contribution >= 4 is 5.71 Å². The monoisotopic (exact) mass is 289 g/mol. The Balaban J connectivity index is 2.12. The molecule has 118 valence electrons. The summed E-state index contributed by atoms with van der Waals surface area (Å²) in [4.78, 5) is 0. The minimum atomic E-state index is 0.818. The molecule has 0 heterocycles. The van der Waals surface area contributed by atoms with E-state index in [1.807, 2.05) is 12.1 Å². The first-order chi connectivity index (χ1) is 10.3. The summed E-state index contributed by atoms with van der Waals surface area (Å²) >= 11 is 0. The van der Waals surface area contributed by atoms with Gasteiger partial charge in [-0.15, -0.1) is 0 Å². The Morgan fingerprint density at radius 2 is 1.38 bits per heavy atom. The van der Waals surface area contributed by atoms with Gasteiger partial charge in [0.25, 0.3) is 0 Å². The van der Waals surface area contributed by atoms with Crippen molar-refractivity contribution in [1.29, 1.82) is 0 Å². The van der Waals surface area contributed by atoms with Crippen molar-refractivity contribution in [2.24, 2.45) is 5.16 Å². The third-order valence-corrected chi connectivity index (χ3v) is 4.02. The summed E-state index contributed by atoms with van der Waals surface area (Å²) in [7, 11) is 0. The summed E-state index contributed by atoms with van der Waals surface area (Å²) in [6.45, 7) is 4.33. The zero-order chi connectivity index (χ0) is 15.3. The topological polar surface area (TPSA) is 32.6 Å². The fourth-order valence-corrected chi connectivity index (χ4v) is 2.60. The highest BCUT2D eigenvalue weighted by atomic mass is 16.4. The van der Waals surface area contributed by atoms with Crippen LogP contribution in [-0.4, -0.2) is 10.9 Å². The molecule has 1 N–H and O–H groups in total. The van der Waals surface area contributed by atoms with Gasteiger partial charge in [0, 0.05) is 0 Å². The molecule has 1 aromatic rings. The average Bonchev–Trinajstić information content (AvgIpc) is 2.51. The lowest BCUT2D eigenvalue weighted by Crippen LogP contribution is -2.01. The normalized spacial score (nSPS) is 11.8. The number of rotatable bonds is 11. The van der Waals surface area contributed by atoms with E-state index in [0.717, 1.165) is 24.1 Å². The summed E-state index contributed by atoms with van der Waals surface area (Å²) in [6, 6.07) is 8.21. The van der Waals surface area contributed by atoms with Gasteiger partial charge in [-0.05, 0) is 25.3 Å². The molecule has 1 rings (SSSR count). The molecule has 0 fully saturated rings. The van der Waals surface area contributed by atoms with Gasteiger partial charge in [-0.3, -0.25) is 0 Å². The van der Waals surface area contributed by atoms with E-state index < -0.39 is 0 Å². The van der Waals surface area contributed by atoms with E-state index in [2.05, 4.69) is 31.1 Å². The van der Waals surface area contributed by atoms with Crippen LogP contribution in [0.3, 0.4) is 0 Å². The molecule has 0 atom stereocenters. The van der Waals surface area contributed by atoms with E-state index in [0.29, 0.717) is 0 Å². The minimum Gasteiger partial charge on any atom is -0.411 e. The summed E-state index contributed by atoms with van der Waals surface area (Å²) < 4.78 is 0. The van der Waals surface area contributed by atoms with Gasteiger partial charge in [0.1, 0.15) is 0 Å². The Labute approximate surface area is 130 Å². The lowest BCUT2D eigenvalue weighted by Gasteiger charge is -2.05. The molecule has 0 amide bonds. The fraction of sp³-hybridized carbons (Fsp3) is 0.632. The second-order valence-electron chi connectivity index (χ2n) is 5.99. The van der Waals surface area contributed by atoms with E-state index in [-0.39, 0.29) is 0 Å². The Morgan fingerprint density at radius 3 is 1.90 bits per heavy atom. The van der Waals surface area contributed by atoms with Crippen LogP contribution < -0.4 is 0 Å². The molecule has 0 unspecified atom stereocenters. The highest BCUT2D eigenvalue weighted by Gasteiger charge is 2.04. The summed E-state index contributed by atoms with van der Waals surface area (Å²) in [5.41, 5.74) is 3.10. The van der Waals surface area contributed by atoms with Gasteiger partial charge in [0.15, 0.2) is 0 Å². The first-order valence-corrected chi connectivity index (χ1v) is 8.56. The van der Waals surface area contributed by atoms with Gasteiger partial charge in [-0.25, -0.2) is 0 Å². The minimum absolute atomic E-state index is 0.818. The molecule has 0 aliphatic rings. The number of benzene rings is 1. The predicted octanol–water partition coefficient (Wildman–Crippen LogP) is 6.09. The average molecular weight is 289 g/mol. The van der Waals surface area contributed by atoms with E-state index >= 15 is 0 Å². The van der Waals surface area contributed by atoms with Crippen molar-refractivity contribution in [3.05, 3.63) is 35.4 Å². The van der Waals surface area contributed by atoms with Crippen LogP contribution in [-0.2, 0) is 0 Å². The van der Waals surface area contributed by atoms with Crippen LogP contribution in [0.15, 0.2) is 29.4 Å². The largest absolute Gasteiger partial charge is 0.411 e. The lowest BCUT2D eigenvalue weighted by atomic mass is 10.0. The summed E-state index contributed by atoms with van der Waals surface area (Å²) in [6.07, 6.45) is 12.7. The molecular formula is C19H31NO. The van der Waals surface area contributed by atoms with Gasteiger partial charge in [-0.1, -0.05) is 93.3 Å². The van der Waals surface area contributed by atoms with Crippen LogP contribution in [0.4, 0.5) is 0 Å². The van der Waals surface area contributed by atoms with Crippen molar-refractivity contribution in [3.8, 4) is 0 Å². The molecule has 1 aromatic carbocycles. The van der Waals surface area contributed by atoms with Crippen molar-refractivity contribution in [2.45, 2.75) is 78.1 Å². The Hall–Kier alpha value is -1.31. The number of hydrogen-bond acceptors (Lipinski definition) is 2. The Morgan fingerprint density at radius 1 is 0.857 bits per heavy atom. The molecule has 0 radical (unpaired) electrons. The second-order valence-corrected chi connectivity index (χ2v) is 5.99. The maximum atomic E-state index is 9.16. The Kier molecular flexibility index (Phi) is 9.60. The van der Waals surface area contributed by atoms with Crippen LogP contribution >= 0.6 is 0 Å². The van der Waals surface area contributed by atoms with E-state index in [9.17, 15) is 0 Å². The van der Waals surface area contributed by atoms with Gasteiger partial charge in [0.2, 0.25) is 0 Å². The van der Waals surface area contributed by atoms with Gasteiger partial charge >= 0.3 is 0 Å². The molecule has 2 nitrogen and oxygen atoms in total. The van der Waals surface area contributed by atoms with Crippen LogP contribution in [0, 0.1) is 6.92 Å². The molecule has 0 bridgehead atoms. The quantitative estimate of drug-likeness (QED) is 0.227. The molecular weight excluding hydrogens is 258 g/mol. The van der Waals surface area contributed by atoms with Gasteiger partial charge in [0.05, 0.1) is 5.71 Å². The molecule has 0 aliphatic heterocycles. The van der Waals surface area contributed by atoms with Crippen LogP contribution in [0.2, 0.25) is 0 Å². The smallest absolute Gasteiger partial charge is 0.0867 e. The lowest BCUT2D eigenvalue weighted by molar-refractivity contribution is 0.317. The summed E-state index contributed by atoms with van der Waals surface area (Å²) in [5.74, 6) is 0. The zero-order valence-electron chi connectivity index (χ0n) is 13.8. The molecule has 0 spiro atoms. The van der Waals surface area contributed by atoms with E-state index in [1.54, 1.807) is 0 Å². The van der Waals surface area contributed by atoms with E-state index in [1.165, 1.54) is 56.9 Å². The molecule has 2 heteroatoms. The van der Waals surface area contributed by atoms with Gasteiger partial charge < -0.3 is 5.21 Å². The van der Waals surface area contributed by atoms with Crippen LogP contribution in [0.25, 0.3) is 0 Å². The Bertz CT molecular complexity index is 395. The van der Waals surface area contributed by atoms with Crippen molar-refractivity contribution in [1.82, 2.24) is 0 Å². The highest BCUT2D eigenvalue weighted by molar-refractivity contribution is 6.00. The van der Waals surface area contributed by atoms with Crippen LogP contribution in [0.5, 0.6) is 0 Å². The maximum Gasteiger partial charge on any atom is 0.0867 e. The highest BCUT2D eigenvalue weighted by Crippen LogP contribution is 2.13. The predicted molar refractivity (Wildman–Crippen MR) is 91.3 cm³/mol. The summed E-state index contributed by atoms with van der Waals surface area (Å²) in [5, 5.41) is 12.6. The molecule has 0 aromatic heterocycles.